The molecule has 1 heterocycles. The number of rotatable bonds is 4. The number of pyridine rings is 1. The number of hydrogen-bond acceptors (Lipinski definition) is 3. The smallest absolute Gasteiger partial charge is 0.241 e. The van der Waals surface area contributed by atoms with Crippen molar-refractivity contribution < 1.29 is 12.8 Å². The Balaban J connectivity index is 2.29. The lowest BCUT2D eigenvalue weighted by Crippen LogP contribution is -2.52. The fraction of sp³-hybridized carbons (Fsp3) is 0.615. The maximum Gasteiger partial charge on any atom is 0.261 e. The van der Waals surface area contributed by atoms with Gasteiger partial charge >= 0.3 is 0 Å². The van der Waals surface area contributed by atoms with E-state index in [1.165, 1.54) is 12.3 Å². The second-order valence-electron chi connectivity index (χ2n) is 5.51. The predicted octanol–water partition coefficient (Wildman–Crippen LogP) is 2.69. The first-order chi connectivity index (χ1) is 9.38. The number of nitrogens with one attached hydrogen (secondary N) is 1. The minimum Gasteiger partial charge on any atom is -0.241 e. The van der Waals surface area contributed by atoms with Gasteiger partial charge in [-0.05, 0) is 30.9 Å². The highest BCUT2D eigenvalue weighted by Gasteiger charge is 2.39. The van der Waals surface area contributed by atoms with E-state index in [2.05, 4.69) is 16.6 Å². The first kappa shape index (κ1) is 15.7. The molecule has 20 heavy (non-hydrogen) atoms. The zero-order valence-corrected chi connectivity index (χ0v) is 12.8. The number of hydrogen-bond donors (Lipinski definition) is 1. The molecular weight excluding hydrogens is 303 g/mol. The van der Waals surface area contributed by atoms with E-state index < -0.39 is 26.4 Å². The monoisotopic (exact) mass is 320 g/mol. The van der Waals surface area contributed by atoms with Crippen molar-refractivity contribution in [3.63, 3.8) is 0 Å². The molecule has 0 spiro atoms. The van der Waals surface area contributed by atoms with Gasteiger partial charge in [0.25, 0.3) is 10.0 Å². The van der Waals surface area contributed by atoms with Crippen LogP contribution < -0.4 is 4.72 Å². The van der Waals surface area contributed by atoms with E-state index in [9.17, 15) is 12.8 Å². The minimum absolute atomic E-state index is 0.172. The third-order valence-corrected chi connectivity index (χ3v) is 5.70. The molecule has 7 heteroatoms. The van der Waals surface area contributed by atoms with Gasteiger partial charge in [0, 0.05) is 17.6 Å². The highest BCUT2D eigenvalue weighted by atomic mass is 35.5. The molecule has 1 N–H and O–H groups in total. The second kappa shape index (κ2) is 5.95. The van der Waals surface area contributed by atoms with Crippen LogP contribution in [0, 0.1) is 11.7 Å². The summed E-state index contributed by atoms with van der Waals surface area (Å²) in [5.74, 6) is -0.294. The van der Waals surface area contributed by atoms with Crippen LogP contribution in [0.1, 0.15) is 32.6 Å². The molecule has 2 unspecified atom stereocenters. The number of alkyl halides is 1. The summed E-state index contributed by atoms with van der Waals surface area (Å²) in [6.45, 7) is 2.07. The summed E-state index contributed by atoms with van der Waals surface area (Å²) in [5, 5.41) is -0.567. The molecule has 2 rings (SSSR count). The summed E-state index contributed by atoms with van der Waals surface area (Å²) in [7, 11) is -4.01. The topological polar surface area (TPSA) is 59.1 Å². The van der Waals surface area contributed by atoms with Gasteiger partial charge in [-0.3, -0.25) is 0 Å². The first-order valence-corrected chi connectivity index (χ1v) is 8.61. The van der Waals surface area contributed by atoms with Crippen LogP contribution in [0.2, 0.25) is 0 Å². The highest BCUT2D eigenvalue weighted by Crippen LogP contribution is 2.34. The Morgan fingerprint density at radius 2 is 2.35 bits per heavy atom. The Hall–Kier alpha value is -0.720. The lowest BCUT2D eigenvalue weighted by molar-refractivity contribution is 0.238. The summed E-state index contributed by atoms with van der Waals surface area (Å²) >= 11 is 5.99. The van der Waals surface area contributed by atoms with Gasteiger partial charge < -0.3 is 0 Å². The van der Waals surface area contributed by atoms with Gasteiger partial charge in [0.05, 0.1) is 0 Å². The van der Waals surface area contributed by atoms with Crippen LogP contribution >= 0.6 is 11.6 Å². The Morgan fingerprint density at radius 1 is 1.60 bits per heavy atom. The van der Waals surface area contributed by atoms with E-state index in [1.54, 1.807) is 0 Å². The van der Waals surface area contributed by atoms with E-state index in [0.29, 0.717) is 18.8 Å². The third-order valence-electron chi connectivity index (χ3n) is 3.68. The van der Waals surface area contributed by atoms with Gasteiger partial charge in [0.1, 0.15) is 0 Å². The Labute approximate surface area is 123 Å². The van der Waals surface area contributed by atoms with E-state index in [4.69, 9.17) is 11.6 Å². The molecule has 1 aliphatic rings. The Bertz CT molecular complexity index is 581. The largest absolute Gasteiger partial charge is 0.261 e. The molecule has 1 saturated carbocycles. The number of nitrogens with zero attached hydrogens (tertiary/aromatic N) is 1. The summed E-state index contributed by atoms with van der Waals surface area (Å²) in [6, 6.07) is 2.44. The van der Waals surface area contributed by atoms with Crippen molar-refractivity contribution in [3.8, 4) is 0 Å². The molecule has 0 aromatic carbocycles. The van der Waals surface area contributed by atoms with Crippen molar-refractivity contribution in [3.05, 3.63) is 24.1 Å². The summed E-state index contributed by atoms with van der Waals surface area (Å²) < 4.78 is 40.9. The average molecular weight is 321 g/mol. The molecule has 1 aromatic rings. The highest BCUT2D eigenvalue weighted by molar-refractivity contribution is 7.89. The number of aromatic nitrogens is 1. The maximum absolute atomic E-state index is 13.6. The second-order valence-corrected chi connectivity index (χ2v) is 7.38. The molecule has 0 radical (unpaired) electrons. The third kappa shape index (κ3) is 3.30. The van der Waals surface area contributed by atoms with E-state index in [-0.39, 0.29) is 5.88 Å². The lowest BCUT2D eigenvalue weighted by atomic mass is 9.78. The van der Waals surface area contributed by atoms with E-state index in [1.807, 2.05) is 0 Å². The molecule has 1 aromatic heterocycles. The van der Waals surface area contributed by atoms with Crippen molar-refractivity contribution >= 4 is 21.6 Å². The maximum atomic E-state index is 13.6. The molecule has 1 fully saturated rings. The van der Waals surface area contributed by atoms with Gasteiger partial charge in [-0.25, -0.2) is 22.5 Å². The molecule has 0 saturated heterocycles. The predicted molar refractivity (Wildman–Crippen MR) is 75.6 cm³/mol. The van der Waals surface area contributed by atoms with Gasteiger partial charge in [-0.2, -0.15) is 0 Å². The van der Waals surface area contributed by atoms with Crippen LogP contribution in [0.3, 0.4) is 0 Å². The molecule has 2 atom stereocenters. The van der Waals surface area contributed by atoms with Gasteiger partial charge in [-0.1, -0.05) is 19.8 Å². The minimum atomic E-state index is -4.01. The van der Waals surface area contributed by atoms with Crippen molar-refractivity contribution in [2.24, 2.45) is 5.92 Å². The normalized spacial score (nSPS) is 27.4. The molecular formula is C13H18ClFN2O2S. The molecule has 0 aliphatic heterocycles. The zero-order valence-electron chi connectivity index (χ0n) is 11.3. The summed E-state index contributed by atoms with van der Waals surface area (Å²) in [6.07, 6.45) is 4.53. The van der Waals surface area contributed by atoms with Crippen LogP contribution in [0.25, 0.3) is 0 Å². The van der Waals surface area contributed by atoms with Crippen LogP contribution in [-0.2, 0) is 10.0 Å². The van der Waals surface area contributed by atoms with Crippen LogP contribution in [0.15, 0.2) is 23.4 Å². The van der Waals surface area contributed by atoms with E-state index in [0.717, 1.165) is 18.9 Å². The van der Waals surface area contributed by atoms with Gasteiger partial charge in [-0.15, -0.1) is 11.6 Å². The first-order valence-electron chi connectivity index (χ1n) is 6.59. The van der Waals surface area contributed by atoms with Crippen molar-refractivity contribution in [1.29, 1.82) is 0 Å². The standard InChI is InChI=1S/C13H18ClFN2O2S/c1-10-4-2-6-13(8-10,9-14)17-20(18,19)12-11(15)5-3-7-16-12/h3,5,7,10,17H,2,4,6,8-9H2,1H3. The van der Waals surface area contributed by atoms with Crippen LogP contribution in [0.4, 0.5) is 4.39 Å². The molecule has 0 bridgehead atoms. The number of sulfonamides is 1. The van der Waals surface area contributed by atoms with Crippen molar-refractivity contribution in [2.75, 3.05) is 5.88 Å². The lowest BCUT2D eigenvalue weighted by Gasteiger charge is -2.38. The van der Waals surface area contributed by atoms with Crippen molar-refractivity contribution in [2.45, 2.75) is 43.2 Å². The van der Waals surface area contributed by atoms with Gasteiger partial charge in [0.15, 0.2) is 5.82 Å². The van der Waals surface area contributed by atoms with Crippen molar-refractivity contribution in [1.82, 2.24) is 9.71 Å². The molecule has 4 nitrogen and oxygen atoms in total. The zero-order chi connectivity index (χ0) is 14.8. The van der Waals surface area contributed by atoms with Crippen LogP contribution in [-0.4, -0.2) is 24.8 Å². The van der Waals surface area contributed by atoms with E-state index >= 15 is 0 Å². The number of halogens is 2. The fourth-order valence-electron chi connectivity index (χ4n) is 2.80. The molecule has 1 aliphatic carbocycles. The quantitative estimate of drug-likeness (QED) is 0.868. The molecule has 112 valence electrons. The van der Waals surface area contributed by atoms with Crippen LogP contribution in [0.5, 0.6) is 0 Å². The summed E-state index contributed by atoms with van der Waals surface area (Å²) in [4.78, 5) is 3.63. The Morgan fingerprint density at radius 3 is 2.95 bits per heavy atom. The average Bonchev–Trinajstić information content (AvgIpc) is 2.38. The van der Waals surface area contributed by atoms with Gasteiger partial charge in [0.2, 0.25) is 5.03 Å². The fourth-order valence-corrected chi connectivity index (χ4v) is 4.64. The Kier molecular flexibility index (Phi) is 4.66. The molecule has 0 amide bonds. The SMILES string of the molecule is CC1CCCC(CCl)(NS(=O)(=O)c2ncccc2F)C1. The summed E-state index contributed by atoms with van der Waals surface area (Å²) in [5.41, 5.74) is -0.706.